The lowest BCUT2D eigenvalue weighted by molar-refractivity contribution is -0.137. The van der Waals surface area contributed by atoms with Crippen molar-refractivity contribution in [1.82, 2.24) is 10.2 Å². The number of thioether (sulfide) groups is 1. The summed E-state index contributed by atoms with van der Waals surface area (Å²) in [5.41, 5.74) is -0.441. The smallest absolute Gasteiger partial charge is 0.418 e. The zero-order chi connectivity index (χ0) is 23.1. The summed E-state index contributed by atoms with van der Waals surface area (Å²) < 4.78 is 44.5. The first-order valence-corrected chi connectivity index (χ1v) is 10.9. The Labute approximate surface area is 189 Å². The van der Waals surface area contributed by atoms with Gasteiger partial charge in [0, 0.05) is 0 Å². The number of aromatic nitrogens is 2. The molecule has 0 aliphatic rings. The zero-order valence-corrected chi connectivity index (χ0v) is 18.2. The summed E-state index contributed by atoms with van der Waals surface area (Å²) in [5.74, 6) is -0.386. The van der Waals surface area contributed by atoms with Crippen molar-refractivity contribution in [3.05, 3.63) is 59.7 Å². The van der Waals surface area contributed by atoms with Gasteiger partial charge in [-0.3, -0.25) is 9.59 Å². The lowest BCUT2D eigenvalue weighted by Crippen LogP contribution is -2.18. The van der Waals surface area contributed by atoms with Gasteiger partial charge in [0.2, 0.25) is 16.9 Å². The van der Waals surface area contributed by atoms with Crippen LogP contribution in [0.4, 0.5) is 24.0 Å². The molecule has 0 radical (unpaired) electrons. The normalized spacial score (nSPS) is 11.1. The van der Waals surface area contributed by atoms with E-state index in [0.29, 0.717) is 10.1 Å². The second-order valence-electron chi connectivity index (χ2n) is 6.33. The molecule has 0 aliphatic heterocycles. The summed E-state index contributed by atoms with van der Waals surface area (Å²) in [6, 6.07) is 11.8. The Balaban J connectivity index is 1.50. The molecule has 0 aliphatic carbocycles. The molecule has 32 heavy (non-hydrogen) atoms. The predicted octanol–water partition coefficient (Wildman–Crippen LogP) is 4.48. The fraction of sp³-hybridized carbons (Fsp3) is 0.200. The number of carbonyl (C=O) groups is 2. The molecular weight excluding hydrogens is 465 g/mol. The third-order valence-corrected chi connectivity index (χ3v) is 5.98. The van der Waals surface area contributed by atoms with Crippen LogP contribution in [-0.4, -0.2) is 34.9 Å². The summed E-state index contributed by atoms with van der Waals surface area (Å²) in [6.45, 7) is 0. The SMILES string of the molecule is COc1ccc(CC(=O)Nc2nnc(SCC(=O)Nc3ccccc3C(F)(F)F)s2)cc1. The van der Waals surface area contributed by atoms with E-state index in [1.165, 1.54) is 18.2 Å². The van der Waals surface area contributed by atoms with Gasteiger partial charge >= 0.3 is 6.18 Å². The molecule has 12 heteroatoms. The van der Waals surface area contributed by atoms with Gasteiger partial charge in [-0.1, -0.05) is 47.4 Å². The number of nitrogens with one attached hydrogen (secondary N) is 2. The molecular formula is C20H17F3N4O3S2. The molecule has 3 rings (SSSR count). The average Bonchev–Trinajstić information content (AvgIpc) is 3.19. The van der Waals surface area contributed by atoms with Crippen LogP contribution in [0.3, 0.4) is 0 Å². The second-order valence-corrected chi connectivity index (χ2v) is 8.53. The number of hydrogen-bond acceptors (Lipinski definition) is 7. The molecule has 0 saturated carbocycles. The molecule has 0 atom stereocenters. The number of nitrogens with zero attached hydrogens (tertiary/aromatic N) is 2. The largest absolute Gasteiger partial charge is 0.497 e. The highest BCUT2D eigenvalue weighted by Crippen LogP contribution is 2.34. The maximum absolute atomic E-state index is 13.0. The first-order chi connectivity index (χ1) is 15.2. The Morgan fingerprint density at radius 2 is 1.75 bits per heavy atom. The molecule has 1 heterocycles. The molecule has 0 bridgehead atoms. The van der Waals surface area contributed by atoms with Gasteiger partial charge in [0.25, 0.3) is 0 Å². The molecule has 2 N–H and O–H groups in total. The van der Waals surface area contributed by atoms with Crippen molar-refractivity contribution in [1.29, 1.82) is 0 Å². The van der Waals surface area contributed by atoms with Crippen molar-refractivity contribution >= 4 is 45.7 Å². The molecule has 0 spiro atoms. The topological polar surface area (TPSA) is 93.2 Å². The highest BCUT2D eigenvalue weighted by molar-refractivity contribution is 8.01. The van der Waals surface area contributed by atoms with E-state index in [4.69, 9.17) is 4.74 Å². The van der Waals surface area contributed by atoms with E-state index in [-0.39, 0.29) is 28.9 Å². The molecule has 3 aromatic rings. The third-order valence-electron chi connectivity index (χ3n) is 4.01. The molecule has 168 valence electrons. The van der Waals surface area contributed by atoms with Gasteiger partial charge in [-0.25, -0.2) is 0 Å². The van der Waals surface area contributed by atoms with E-state index in [2.05, 4.69) is 20.8 Å². The van der Waals surface area contributed by atoms with Crippen LogP contribution in [0.1, 0.15) is 11.1 Å². The van der Waals surface area contributed by atoms with Gasteiger partial charge in [-0.15, -0.1) is 10.2 Å². The number of benzene rings is 2. The van der Waals surface area contributed by atoms with E-state index in [9.17, 15) is 22.8 Å². The van der Waals surface area contributed by atoms with Crippen molar-refractivity contribution in [3.63, 3.8) is 0 Å². The summed E-state index contributed by atoms with van der Waals surface area (Å²) in [4.78, 5) is 24.2. The van der Waals surface area contributed by atoms with E-state index >= 15 is 0 Å². The lowest BCUT2D eigenvalue weighted by atomic mass is 10.1. The average molecular weight is 483 g/mol. The standard InChI is InChI=1S/C20H17F3N4O3S2/c1-30-13-8-6-12(7-9-13)10-16(28)25-18-26-27-19(32-18)31-11-17(29)24-15-5-3-2-4-14(15)20(21,22)23/h2-9H,10-11H2,1H3,(H,24,29)(H,25,26,28). The minimum atomic E-state index is -4.57. The quantitative estimate of drug-likeness (QED) is 0.363. The van der Waals surface area contributed by atoms with Crippen molar-refractivity contribution in [3.8, 4) is 5.75 Å². The summed E-state index contributed by atoms with van der Waals surface area (Å²) in [6.07, 6.45) is -4.44. The van der Waals surface area contributed by atoms with Crippen LogP contribution in [-0.2, 0) is 22.2 Å². The predicted molar refractivity (Wildman–Crippen MR) is 116 cm³/mol. The Kier molecular flexibility index (Phi) is 7.70. The number of rotatable bonds is 8. The number of anilines is 2. The number of halogens is 3. The van der Waals surface area contributed by atoms with Crippen molar-refractivity contribution in [2.75, 3.05) is 23.5 Å². The molecule has 0 unspecified atom stereocenters. The van der Waals surface area contributed by atoms with Crippen LogP contribution in [0.2, 0.25) is 0 Å². The summed E-state index contributed by atoms with van der Waals surface area (Å²) in [5, 5.41) is 12.9. The van der Waals surface area contributed by atoms with Crippen molar-refractivity contribution in [2.45, 2.75) is 16.9 Å². The zero-order valence-electron chi connectivity index (χ0n) is 16.6. The maximum Gasteiger partial charge on any atom is 0.418 e. The van der Waals surface area contributed by atoms with E-state index in [0.717, 1.165) is 34.7 Å². The number of hydrogen-bond donors (Lipinski definition) is 2. The number of para-hydroxylation sites is 1. The van der Waals surface area contributed by atoms with E-state index in [1.54, 1.807) is 31.4 Å². The van der Waals surface area contributed by atoms with Crippen LogP contribution < -0.4 is 15.4 Å². The van der Waals surface area contributed by atoms with Crippen molar-refractivity contribution < 1.29 is 27.5 Å². The Hall–Kier alpha value is -3.12. The Bertz CT molecular complexity index is 1090. The van der Waals surface area contributed by atoms with Crippen LogP contribution in [0.15, 0.2) is 52.9 Å². The number of methoxy groups -OCH3 is 1. The fourth-order valence-corrected chi connectivity index (χ4v) is 4.13. The maximum atomic E-state index is 13.0. The van der Waals surface area contributed by atoms with Crippen LogP contribution in [0.5, 0.6) is 5.75 Å². The Morgan fingerprint density at radius 1 is 1.03 bits per heavy atom. The Morgan fingerprint density at radius 3 is 2.44 bits per heavy atom. The molecule has 0 saturated heterocycles. The molecule has 2 amide bonds. The highest BCUT2D eigenvalue weighted by Gasteiger charge is 2.33. The second kappa shape index (κ2) is 10.5. The van der Waals surface area contributed by atoms with E-state index < -0.39 is 17.6 Å². The highest BCUT2D eigenvalue weighted by atomic mass is 32.2. The first-order valence-electron chi connectivity index (χ1n) is 9.10. The molecule has 1 aromatic heterocycles. The minimum absolute atomic E-state index is 0.132. The number of ether oxygens (including phenoxy) is 1. The van der Waals surface area contributed by atoms with Crippen LogP contribution >= 0.6 is 23.1 Å². The number of alkyl halides is 3. The van der Waals surface area contributed by atoms with Gasteiger partial charge in [0.1, 0.15) is 5.75 Å². The molecule has 0 fully saturated rings. The summed E-state index contributed by atoms with van der Waals surface area (Å²) in [7, 11) is 1.55. The minimum Gasteiger partial charge on any atom is -0.497 e. The van der Waals surface area contributed by atoms with Crippen LogP contribution in [0, 0.1) is 0 Å². The lowest BCUT2D eigenvalue weighted by Gasteiger charge is -2.13. The van der Waals surface area contributed by atoms with Crippen molar-refractivity contribution in [2.24, 2.45) is 0 Å². The molecule has 7 nitrogen and oxygen atoms in total. The van der Waals surface area contributed by atoms with Gasteiger partial charge in [0.05, 0.1) is 30.5 Å². The van der Waals surface area contributed by atoms with Gasteiger partial charge < -0.3 is 15.4 Å². The number of amides is 2. The first kappa shape index (κ1) is 23.5. The van der Waals surface area contributed by atoms with Gasteiger partial charge in [-0.2, -0.15) is 13.2 Å². The van der Waals surface area contributed by atoms with Crippen LogP contribution in [0.25, 0.3) is 0 Å². The van der Waals surface area contributed by atoms with E-state index in [1.807, 2.05) is 0 Å². The number of carbonyl (C=O) groups excluding carboxylic acids is 2. The van der Waals surface area contributed by atoms with Gasteiger partial charge in [0.15, 0.2) is 4.34 Å². The fourth-order valence-electron chi connectivity index (χ4n) is 2.56. The monoisotopic (exact) mass is 482 g/mol. The molecule has 2 aromatic carbocycles. The summed E-state index contributed by atoms with van der Waals surface area (Å²) >= 11 is 2.07. The van der Waals surface area contributed by atoms with Gasteiger partial charge in [-0.05, 0) is 29.8 Å². The third kappa shape index (κ3) is 6.69.